The van der Waals surface area contributed by atoms with Gasteiger partial charge in [-0.2, -0.15) is 0 Å². The SMILES string of the molecule is CN1[CH]N([C@@H]2O[C@H](COP(=O)(O)F)[C@@H](O)[C@H]2O)C2=C1C(O)N=C(N)N2. The molecule has 0 aromatic rings. The molecule has 141 valence electrons. The van der Waals surface area contributed by atoms with E-state index in [0.717, 1.165) is 0 Å². The largest absolute Gasteiger partial charge is 0.510 e. The molecular weight excluding hydrogens is 364 g/mol. The van der Waals surface area contributed by atoms with Crippen LogP contribution in [0.1, 0.15) is 0 Å². The van der Waals surface area contributed by atoms with Crippen molar-refractivity contribution in [2.24, 2.45) is 10.7 Å². The molecule has 1 fully saturated rings. The minimum absolute atomic E-state index is 0.0634. The maximum absolute atomic E-state index is 12.6. The fourth-order valence-corrected chi connectivity index (χ4v) is 3.17. The Hall–Kier alpha value is -1.47. The lowest BCUT2D eigenvalue weighted by Gasteiger charge is -2.30. The molecule has 25 heavy (non-hydrogen) atoms. The quantitative estimate of drug-likeness (QED) is 0.279. The monoisotopic (exact) mass is 382 g/mol. The number of hydrogen-bond acceptors (Lipinski definition) is 11. The van der Waals surface area contributed by atoms with Crippen LogP contribution in [0.3, 0.4) is 0 Å². The highest BCUT2D eigenvalue weighted by atomic mass is 31.2. The van der Waals surface area contributed by atoms with Crippen LogP contribution in [-0.4, -0.2) is 80.4 Å². The van der Waals surface area contributed by atoms with Crippen molar-refractivity contribution in [1.82, 2.24) is 15.1 Å². The fraction of sp³-hybridized carbons (Fsp3) is 0.636. The van der Waals surface area contributed by atoms with Gasteiger partial charge in [0, 0.05) is 7.05 Å². The summed E-state index contributed by atoms with van der Waals surface area (Å²) in [5.74, 6) is 0.213. The first kappa shape index (κ1) is 18.3. The zero-order chi connectivity index (χ0) is 18.5. The molecule has 3 aliphatic rings. The molecular formula is C11H18FN5O7P. The molecule has 14 heteroatoms. The van der Waals surface area contributed by atoms with Gasteiger partial charge in [0.15, 0.2) is 18.4 Å². The topological polar surface area (TPSA) is 173 Å². The molecule has 0 amide bonds. The van der Waals surface area contributed by atoms with Crippen LogP contribution in [0.2, 0.25) is 0 Å². The van der Waals surface area contributed by atoms with Crippen molar-refractivity contribution < 1.29 is 38.2 Å². The number of nitrogens with zero attached hydrogens (tertiary/aromatic N) is 3. The summed E-state index contributed by atoms with van der Waals surface area (Å²) in [4.78, 5) is 15.2. The Morgan fingerprint density at radius 2 is 2.16 bits per heavy atom. The van der Waals surface area contributed by atoms with E-state index in [0.29, 0.717) is 5.70 Å². The van der Waals surface area contributed by atoms with E-state index in [1.165, 1.54) is 16.5 Å². The van der Waals surface area contributed by atoms with E-state index in [1.54, 1.807) is 7.05 Å². The molecule has 1 saturated heterocycles. The van der Waals surface area contributed by atoms with Gasteiger partial charge in [0.05, 0.1) is 6.61 Å². The van der Waals surface area contributed by atoms with Gasteiger partial charge in [-0.3, -0.25) is 9.42 Å². The Morgan fingerprint density at radius 3 is 2.80 bits per heavy atom. The number of nitrogens with one attached hydrogen (secondary N) is 1. The molecule has 0 bridgehead atoms. The summed E-state index contributed by atoms with van der Waals surface area (Å²) in [6, 6.07) is 0. The standard InChI is InChI=1S/C11H18FN5O7P/c1-16-3-17(8-5(16)9(20)15-11(13)14-8)10-7(19)6(18)4(24-10)2-23-25(12,21)22/h3-4,6-7,9-10,18-20H,2H2,1H3,(H,21,22)(H3,13,14,15)/t4-,6-,7-,9?,10-/m1/s1. The van der Waals surface area contributed by atoms with Gasteiger partial charge in [-0.25, -0.2) is 9.56 Å². The molecule has 1 radical (unpaired) electrons. The molecule has 6 atom stereocenters. The number of likely N-dealkylation sites (N-methyl/N-ethyl adjacent to an activating group) is 1. The number of aliphatic imine (C=N–C) groups is 1. The van der Waals surface area contributed by atoms with Crippen LogP contribution in [0.4, 0.5) is 4.20 Å². The number of aliphatic hydroxyl groups excluding tert-OH is 3. The number of nitrogens with two attached hydrogens (primary N) is 1. The van der Waals surface area contributed by atoms with Gasteiger partial charge in [0.1, 0.15) is 36.5 Å². The first-order chi connectivity index (χ1) is 11.6. The predicted molar refractivity (Wildman–Crippen MR) is 79.3 cm³/mol. The molecule has 0 saturated carbocycles. The normalized spacial score (nSPS) is 37.7. The maximum atomic E-state index is 12.6. The minimum atomic E-state index is -5.25. The number of guanidine groups is 1. The molecule has 2 unspecified atom stereocenters. The second kappa shape index (κ2) is 6.36. The predicted octanol–water partition coefficient (Wildman–Crippen LogP) is -2.71. The Morgan fingerprint density at radius 1 is 1.48 bits per heavy atom. The number of rotatable bonds is 4. The van der Waals surface area contributed by atoms with E-state index in [2.05, 4.69) is 14.8 Å². The molecule has 3 heterocycles. The lowest BCUT2D eigenvalue weighted by atomic mass is 10.1. The molecule has 0 spiro atoms. The van der Waals surface area contributed by atoms with Crippen molar-refractivity contribution >= 4 is 13.9 Å². The Labute approximate surface area is 141 Å². The third kappa shape index (κ3) is 3.44. The van der Waals surface area contributed by atoms with Crippen molar-refractivity contribution in [2.75, 3.05) is 13.7 Å². The highest BCUT2D eigenvalue weighted by molar-refractivity contribution is 7.46. The van der Waals surface area contributed by atoms with Crippen molar-refractivity contribution in [3.05, 3.63) is 18.2 Å². The van der Waals surface area contributed by atoms with Crippen LogP contribution in [0.5, 0.6) is 0 Å². The Balaban J connectivity index is 1.77. The van der Waals surface area contributed by atoms with E-state index >= 15 is 0 Å². The summed E-state index contributed by atoms with van der Waals surface area (Å²) in [6.45, 7) is 0.721. The Bertz CT molecular complexity index is 657. The maximum Gasteiger partial charge on any atom is 0.510 e. The number of hydrogen-bond donors (Lipinski definition) is 6. The van der Waals surface area contributed by atoms with Gasteiger partial charge in [-0.15, -0.1) is 4.20 Å². The average molecular weight is 382 g/mol. The highest BCUT2D eigenvalue weighted by Gasteiger charge is 2.50. The second-order valence-electron chi connectivity index (χ2n) is 5.67. The van der Waals surface area contributed by atoms with Gasteiger partial charge in [-0.05, 0) is 0 Å². The van der Waals surface area contributed by atoms with Crippen LogP contribution >= 0.6 is 7.91 Å². The highest BCUT2D eigenvalue weighted by Crippen LogP contribution is 2.44. The lowest BCUT2D eigenvalue weighted by molar-refractivity contribution is -0.0764. The molecule has 0 aromatic heterocycles. The van der Waals surface area contributed by atoms with E-state index in [-0.39, 0.29) is 11.8 Å². The van der Waals surface area contributed by atoms with Gasteiger partial charge >= 0.3 is 7.91 Å². The summed E-state index contributed by atoms with van der Waals surface area (Å²) >= 11 is 0. The third-order valence-corrected chi connectivity index (χ3v) is 4.41. The van der Waals surface area contributed by atoms with Crippen LogP contribution in [0, 0.1) is 6.67 Å². The Kier molecular flexibility index (Phi) is 4.66. The minimum Gasteiger partial charge on any atom is -0.387 e. The molecule has 7 N–H and O–H groups in total. The molecule has 3 aliphatic heterocycles. The molecule has 0 aliphatic carbocycles. The van der Waals surface area contributed by atoms with Crippen molar-refractivity contribution in [1.29, 1.82) is 0 Å². The zero-order valence-corrected chi connectivity index (χ0v) is 13.8. The summed E-state index contributed by atoms with van der Waals surface area (Å²) < 4.78 is 32.7. The van der Waals surface area contributed by atoms with E-state index in [4.69, 9.17) is 15.4 Å². The van der Waals surface area contributed by atoms with Crippen LogP contribution in [0.15, 0.2) is 16.5 Å². The van der Waals surface area contributed by atoms with E-state index in [1.807, 2.05) is 0 Å². The smallest absolute Gasteiger partial charge is 0.387 e. The van der Waals surface area contributed by atoms with E-state index < -0.39 is 45.3 Å². The number of aliphatic hydroxyl groups is 3. The van der Waals surface area contributed by atoms with Crippen molar-refractivity contribution in [2.45, 2.75) is 30.8 Å². The van der Waals surface area contributed by atoms with Gasteiger partial charge in [0.25, 0.3) is 0 Å². The zero-order valence-electron chi connectivity index (χ0n) is 12.9. The second-order valence-corrected chi connectivity index (χ2v) is 6.84. The molecule has 12 nitrogen and oxygen atoms in total. The number of ether oxygens (including phenoxy) is 1. The van der Waals surface area contributed by atoms with Crippen molar-refractivity contribution in [3.63, 3.8) is 0 Å². The summed E-state index contributed by atoms with van der Waals surface area (Å²) in [5.41, 5.74) is 5.92. The van der Waals surface area contributed by atoms with Crippen molar-refractivity contribution in [3.8, 4) is 0 Å². The summed E-state index contributed by atoms with van der Waals surface area (Å²) in [5, 5.41) is 33.0. The third-order valence-electron chi connectivity index (χ3n) is 3.94. The molecule has 0 aromatic carbocycles. The average Bonchev–Trinajstić information content (AvgIpc) is 2.95. The van der Waals surface area contributed by atoms with Crippen LogP contribution in [-0.2, 0) is 13.8 Å². The summed E-state index contributed by atoms with van der Waals surface area (Å²) in [7, 11) is -3.64. The van der Waals surface area contributed by atoms with E-state index in [9.17, 15) is 24.1 Å². The number of halogens is 1. The fourth-order valence-electron chi connectivity index (χ4n) is 2.84. The first-order valence-corrected chi connectivity index (χ1v) is 8.62. The van der Waals surface area contributed by atoms with Crippen LogP contribution in [0.25, 0.3) is 0 Å². The first-order valence-electron chi connectivity index (χ1n) is 7.16. The van der Waals surface area contributed by atoms with Crippen LogP contribution < -0.4 is 11.1 Å². The molecule has 3 rings (SSSR count). The summed E-state index contributed by atoms with van der Waals surface area (Å²) in [6.07, 6.45) is -6.60. The lowest BCUT2D eigenvalue weighted by Crippen LogP contribution is -2.47. The van der Waals surface area contributed by atoms with Gasteiger partial charge in [0.2, 0.25) is 0 Å². The van der Waals surface area contributed by atoms with Gasteiger partial charge in [-0.1, -0.05) is 0 Å². The van der Waals surface area contributed by atoms with Gasteiger partial charge < -0.3 is 40.9 Å².